The maximum atomic E-state index is 12.4. The normalized spacial score (nSPS) is 27.0. The number of carbonyl (C=O) groups excluding carboxylic acids is 1. The fraction of sp³-hybridized carbons (Fsp3) is 0.714. The van der Waals surface area contributed by atoms with Crippen molar-refractivity contribution in [3.8, 4) is 0 Å². The zero-order chi connectivity index (χ0) is 17.8. The van der Waals surface area contributed by atoms with Crippen LogP contribution in [0.1, 0.15) is 50.5 Å². The first kappa shape index (κ1) is 17.9. The molecule has 26 heavy (non-hydrogen) atoms. The number of ether oxygens (including phenoxy) is 1. The summed E-state index contributed by atoms with van der Waals surface area (Å²) in [5.41, 5.74) is 1.45. The van der Waals surface area contributed by atoms with E-state index in [4.69, 9.17) is 4.74 Å². The molecule has 1 amide bonds. The zero-order valence-corrected chi connectivity index (χ0v) is 15.7. The van der Waals surface area contributed by atoms with Gasteiger partial charge in [-0.25, -0.2) is 0 Å². The third-order valence-corrected chi connectivity index (χ3v) is 6.50. The highest BCUT2D eigenvalue weighted by Gasteiger charge is 2.41. The molecule has 0 radical (unpaired) electrons. The second kappa shape index (κ2) is 8.05. The van der Waals surface area contributed by atoms with Crippen LogP contribution < -0.4 is 0 Å². The van der Waals surface area contributed by atoms with Crippen LogP contribution in [0.2, 0.25) is 0 Å². The lowest BCUT2D eigenvalue weighted by atomic mass is 9.72. The Hall–Kier alpha value is -1.46. The van der Waals surface area contributed by atoms with Gasteiger partial charge in [0, 0.05) is 45.1 Å². The summed E-state index contributed by atoms with van der Waals surface area (Å²) >= 11 is 0. The zero-order valence-electron chi connectivity index (χ0n) is 15.7. The van der Waals surface area contributed by atoms with Crippen LogP contribution in [0.15, 0.2) is 24.5 Å². The average Bonchev–Trinajstić information content (AvgIpc) is 2.69. The second-order valence-corrected chi connectivity index (χ2v) is 8.40. The van der Waals surface area contributed by atoms with Crippen molar-refractivity contribution in [3.05, 3.63) is 30.1 Å². The Balaban J connectivity index is 1.32. The molecule has 3 aliphatic rings. The predicted molar refractivity (Wildman–Crippen MR) is 101 cm³/mol. The van der Waals surface area contributed by atoms with Crippen LogP contribution in [0.5, 0.6) is 0 Å². The molecule has 0 saturated carbocycles. The molecular weight excluding hydrogens is 326 g/mol. The number of amides is 1. The minimum absolute atomic E-state index is 0.303. The van der Waals surface area contributed by atoms with E-state index in [1.807, 2.05) is 12.3 Å². The Labute approximate surface area is 156 Å². The summed E-state index contributed by atoms with van der Waals surface area (Å²) in [6.45, 7) is 5.94. The minimum Gasteiger partial charge on any atom is -0.377 e. The maximum Gasteiger partial charge on any atom is 0.222 e. The van der Waals surface area contributed by atoms with Crippen molar-refractivity contribution >= 4 is 5.91 Å². The van der Waals surface area contributed by atoms with Crippen LogP contribution in [0.3, 0.4) is 0 Å². The molecule has 3 fully saturated rings. The first-order valence-electron chi connectivity index (χ1n) is 10.2. The first-order valence-corrected chi connectivity index (χ1v) is 10.2. The van der Waals surface area contributed by atoms with Gasteiger partial charge >= 0.3 is 0 Å². The molecule has 3 saturated heterocycles. The number of pyridine rings is 1. The molecule has 0 aliphatic carbocycles. The molecule has 0 unspecified atom stereocenters. The van der Waals surface area contributed by atoms with Crippen molar-refractivity contribution in [1.82, 2.24) is 14.8 Å². The fourth-order valence-corrected chi connectivity index (χ4v) is 4.82. The van der Waals surface area contributed by atoms with E-state index in [0.29, 0.717) is 30.4 Å². The summed E-state index contributed by atoms with van der Waals surface area (Å²) in [6, 6.07) is 4.01. The van der Waals surface area contributed by atoms with Gasteiger partial charge in [-0.15, -0.1) is 0 Å². The molecule has 0 aromatic carbocycles. The summed E-state index contributed by atoms with van der Waals surface area (Å²) in [5.74, 6) is 0.303. The average molecular weight is 357 g/mol. The van der Waals surface area contributed by atoms with Crippen LogP contribution in [0.25, 0.3) is 0 Å². The highest BCUT2D eigenvalue weighted by atomic mass is 16.5. The number of hydrogen-bond acceptors (Lipinski definition) is 4. The van der Waals surface area contributed by atoms with E-state index < -0.39 is 0 Å². The summed E-state index contributed by atoms with van der Waals surface area (Å²) in [6.07, 6.45) is 12.0. The monoisotopic (exact) mass is 357 g/mol. The number of nitrogens with zero attached hydrogens (tertiary/aromatic N) is 3. The number of likely N-dealkylation sites (tertiary alicyclic amines) is 2. The number of piperidine rings is 2. The van der Waals surface area contributed by atoms with Crippen molar-refractivity contribution in [3.63, 3.8) is 0 Å². The van der Waals surface area contributed by atoms with E-state index in [1.165, 1.54) is 32.1 Å². The Bertz CT molecular complexity index is 593. The van der Waals surface area contributed by atoms with E-state index in [2.05, 4.69) is 20.9 Å². The molecule has 5 heteroatoms. The van der Waals surface area contributed by atoms with Gasteiger partial charge in [0.1, 0.15) is 0 Å². The summed E-state index contributed by atoms with van der Waals surface area (Å²) in [5, 5.41) is 0. The maximum absolute atomic E-state index is 12.4. The lowest BCUT2D eigenvalue weighted by Crippen LogP contribution is -2.52. The van der Waals surface area contributed by atoms with E-state index in [-0.39, 0.29) is 0 Å². The van der Waals surface area contributed by atoms with Crippen LogP contribution in [-0.4, -0.2) is 59.6 Å². The molecule has 4 rings (SSSR count). The van der Waals surface area contributed by atoms with Gasteiger partial charge in [-0.05, 0) is 68.7 Å². The van der Waals surface area contributed by atoms with Crippen molar-refractivity contribution in [1.29, 1.82) is 0 Å². The predicted octanol–water partition coefficient (Wildman–Crippen LogP) is 2.86. The molecule has 4 heterocycles. The fourth-order valence-electron chi connectivity index (χ4n) is 4.82. The highest BCUT2D eigenvalue weighted by molar-refractivity contribution is 5.77. The smallest absolute Gasteiger partial charge is 0.222 e. The van der Waals surface area contributed by atoms with Crippen LogP contribution >= 0.6 is 0 Å². The molecule has 1 atom stereocenters. The van der Waals surface area contributed by atoms with Crippen molar-refractivity contribution in [2.24, 2.45) is 5.41 Å². The summed E-state index contributed by atoms with van der Waals surface area (Å²) in [7, 11) is 0. The van der Waals surface area contributed by atoms with Crippen LogP contribution in [0.4, 0.5) is 0 Å². The highest BCUT2D eigenvalue weighted by Crippen LogP contribution is 2.40. The lowest BCUT2D eigenvalue weighted by Gasteiger charge is -2.48. The second-order valence-electron chi connectivity index (χ2n) is 8.40. The van der Waals surface area contributed by atoms with Gasteiger partial charge in [-0.2, -0.15) is 0 Å². The molecule has 0 N–H and O–H groups in total. The van der Waals surface area contributed by atoms with Gasteiger partial charge in [0.2, 0.25) is 5.91 Å². The van der Waals surface area contributed by atoms with E-state index in [0.717, 1.165) is 44.8 Å². The Morgan fingerprint density at radius 1 is 1.23 bits per heavy atom. The van der Waals surface area contributed by atoms with Gasteiger partial charge in [0.25, 0.3) is 0 Å². The largest absolute Gasteiger partial charge is 0.377 e. The minimum atomic E-state index is 0.303. The number of rotatable bonds is 4. The van der Waals surface area contributed by atoms with Gasteiger partial charge in [-0.3, -0.25) is 9.78 Å². The molecule has 3 aliphatic heterocycles. The standard InChI is InChI=1S/C21H31N3O2/c25-20-6-7-21(17-24(20)15-18-4-3-10-22-14-18)8-11-23(12-9-21)16-19-5-1-2-13-26-19/h3-4,10,14,19H,1-2,5-9,11-13,15-17H2/t19-/m0/s1. The van der Waals surface area contributed by atoms with Gasteiger partial charge < -0.3 is 14.5 Å². The quantitative estimate of drug-likeness (QED) is 0.831. The molecule has 0 bridgehead atoms. The number of aromatic nitrogens is 1. The number of hydrogen-bond donors (Lipinski definition) is 0. The van der Waals surface area contributed by atoms with E-state index >= 15 is 0 Å². The third-order valence-electron chi connectivity index (χ3n) is 6.50. The topological polar surface area (TPSA) is 45.7 Å². The van der Waals surface area contributed by atoms with E-state index in [1.54, 1.807) is 6.20 Å². The Kier molecular flexibility index (Phi) is 5.55. The SMILES string of the molecule is O=C1CCC2(CCN(C[C@@H]3CCCCO3)CC2)CN1Cc1cccnc1. The van der Waals surface area contributed by atoms with Crippen LogP contribution in [0, 0.1) is 5.41 Å². The lowest BCUT2D eigenvalue weighted by molar-refractivity contribution is -0.140. The molecule has 142 valence electrons. The molecular formula is C21H31N3O2. The number of carbonyl (C=O) groups is 1. The Morgan fingerprint density at radius 2 is 2.12 bits per heavy atom. The molecule has 1 aromatic rings. The van der Waals surface area contributed by atoms with Crippen molar-refractivity contribution in [2.45, 2.75) is 57.6 Å². The molecule has 1 spiro atoms. The van der Waals surface area contributed by atoms with E-state index in [9.17, 15) is 4.79 Å². The van der Waals surface area contributed by atoms with Crippen molar-refractivity contribution < 1.29 is 9.53 Å². The Morgan fingerprint density at radius 3 is 2.85 bits per heavy atom. The van der Waals surface area contributed by atoms with Gasteiger partial charge in [-0.1, -0.05) is 6.07 Å². The van der Waals surface area contributed by atoms with Gasteiger partial charge in [0.05, 0.1) is 6.10 Å². The summed E-state index contributed by atoms with van der Waals surface area (Å²) in [4.78, 5) is 21.3. The van der Waals surface area contributed by atoms with Gasteiger partial charge in [0.15, 0.2) is 0 Å². The first-order chi connectivity index (χ1) is 12.7. The molecule has 5 nitrogen and oxygen atoms in total. The van der Waals surface area contributed by atoms with Crippen LogP contribution in [-0.2, 0) is 16.1 Å². The summed E-state index contributed by atoms with van der Waals surface area (Å²) < 4.78 is 5.91. The third kappa shape index (κ3) is 4.26. The van der Waals surface area contributed by atoms with Crippen molar-refractivity contribution in [2.75, 3.05) is 32.8 Å². The molecule has 1 aromatic heterocycles.